The van der Waals surface area contributed by atoms with Crippen LogP contribution in [0, 0.1) is 13.8 Å². The van der Waals surface area contributed by atoms with Crippen molar-refractivity contribution in [1.82, 2.24) is 9.88 Å². The van der Waals surface area contributed by atoms with Crippen molar-refractivity contribution in [2.24, 2.45) is 0 Å². The van der Waals surface area contributed by atoms with Gasteiger partial charge in [-0.05, 0) is 44.9 Å². The molecular weight excluding hydrogens is 254 g/mol. The first kappa shape index (κ1) is 14.8. The molecule has 0 radical (unpaired) electrons. The topological polar surface area (TPSA) is 65.5 Å². The molecule has 0 unspecified atom stereocenters. The number of hydrogen-bond acceptors (Lipinski definition) is 4. The first-order valence-electron chi connectivity index (χ1n) is 7.22. The van der Waals surface area contributed by atoms with E-state index in [0.29, 0.717) is 5.82 Å². The predicted molar refractivity (Wildman–Crippen MR) is 79.4 cm³/mol. The van der Waals surface area contributed by atoms with Crippen molar-refractivity contribution in [1.29, 1.82) is 0 Å². The van der Waals surface area contributed by atoms with Gasteiger partial charge in [-0.3, -0.25) is 4.90 Å². The molecule has 5 nitrogen and oxygen atoms in total. The molecule has 1 aromatic heterocycles. The zero-order valence-electron chi connectivity index (χ0n) is 12.4. The number of carboxylic acids is 1. The summed E-state index contributed by atoms with van der Waals surface area (Å²) < 4.78 is 0. The number of carboxylic acid groups (broad SMARTS) is 1. The van der Waals surface area contributed by atoms with Gasteiger partial charge in [-0.25, -0.2) is 9.78 Å². The summed E-state index contributed by atoms with van der Waals surface area (Å²) in [6, 6.07) is 2.53. The lowest BCUT2D eigenvalue weighted by Crippen LogP contribution is -2.31. The van der Waals surface area contributed by atoms with E-state index in [0.717, 1.165) is 36.9 Å². The lowest BCUT2D eigenvalue weighted by molar-refractivity contribution is 0.0697. The van der Waals surface area contributed by atoms with Crippen molar-refractivity contribution in [3.63, 3.8) is 0 Å². The van der Waals surface area contributed by atoms with Gasteiger partial charge in [0.2, 0.25) is 0 Å². The van der Waals surface area contributed by atoms with Crippen LogP contribution in [0.15, 0.2) is 6.07 Å². The average Bonchev–Trinajstić information content (AvgIpc) is 3.17. The predicted octanol–water partition coefficient (Wildman–Crippen LogP) is 2.29. The molecule has 2 rings (SSSR count). The van der Waals surface area contributed by atoms with Crippen LogP contribution in [0.3, 0.4) is 0 Å². The fraction of sp³-hybridized carbons (Fsp3) is 0.600. The molecule has 0 aliphatic heterocycles. The Morgan fingerprint density at radius 2 is 2.20 bits per heavy atom. The zero-order valence-corrected chi connectivity index (χ0v) is 12.4. The Morgan fingerprint density at radius 3 is 2.75 bits per heavy atom. The van der Waals surface area contributed by atoms with Gasteiger partial charge in [0, 0.05) is 24.8 Å². The summed E-state index contributed by atoms with van der Waals surface area (Å²) in [6.45, 7) is 8.54. The van der Waals surface area contributed by atoms with Gasteiger partial charge in [0.05, 0.1) is 0 Å². The number of aromatic nitrogens is 1. The summed E-state index contributed by atoms with van der Waals surface area (Å²) in [7, 11) is 0. The van der Waals surface area contributed by atoms with Crippen LogP contribution in [-0.2, 0) is 0 Å². The number of anilines is 1. The Bertz CT molecular complexity index is 498. The molecule has 2 N–H and O–H groups in total. The lowest BCUT2D eigenvalue weighted by Gasteiger charge is -2.20. The van der Waals surface area contributed by atoms with Crippen LogP contribution in [0.2, 0.25) is 0 Å². The van der Waals surface area contributed by atoms with Crippen LogP contribution in [0.5, 0.6) is 0 Å². The van der Waals surface area contributed by atoms with E-state index in [4.69, 9.17) is 0 Å². The van der Waals surface area contributed by atoms with Crippen LogP contribution >= 0.6 is 0 Å². The van der Waals surface area contributed by atoms with Crippen molar-refractivity contribution in [2.75, 3.05) is 25.0 Å². The number of pyridine rings is 1. The maximum atomic E-state index is 11.3. The highest BCUT2D eigenvalue weighted by Gasteiger charge is 2.27. The summed E-state index contributed by atoms with van der Waals surface area (Å²) in [5.41, 5.74) is 1.87. The van der Waals surface area contributed by atoms with Crippen LogP contribution in [0.25, 0.3) is 0 Å². The molecule has 0 amide bonds. The molecular formula is C15H23N3O2. The van der Waals surface area contributed by atoms with E-state index in [-0.39, 0.29) is 5.56 Å². The molecule has 0 bridgehead atoms. The van der Waals surface area contributed by atoms with E-state index in [2.05, 4.69) is 22.1 Å². The third-order valence-corrected chi connectivity index (χ3v) is 3.72. The minimum Gasteiger partial charge on any atom is -0.478 e. The molecule has 1 aromatic rings. The number of hydrogen-bond donors (Lipinski definition) is 2. The van der Waals surface area contributed by atoms with Crippen LogP contribution < -0.4 is 5.32 Å². The van der Waals surface area contributed by atoms with E-state index >= 15 is 0 Å². The Balaban J connectivity index is 2.02. The molecule has 1 aliphatic rings. The van der Waals surface area contributed by atoms with E-state index in [1.807, 2.05) is 13.8 Å². The first-order chi connectivity index (χ1) is 9.52. The third-order valence-electron chi connectivity index (χ3n) is 3.72. The molecule has 110 valence electrons. The van der Waals surface area contributed by atoms with Crippen molar-refractivity contribution in [2.45, 2.75) is 39.7 Å². The quantitative estimate of drug-likeness (QED) is 0.800. The van der Waals surface area contributed by atoms with Gasteiger partial charge in [-0.15, -0.1) is 0 Å². The second kappa shape index (κ2) is 6.22. The molecule has 0 spiro atoms. The molecule has 1 heterocycles. The van der Waals surface area contributed by atoms with Gasteiger partial charge in [0.1, 0.15) is 11.4 Å². The van der Waals surface area contributed by atoms with Crippen LogP contribution in [0.4, 0.5) is 5.82 Å². The van der Waals surface area contributed by atoms with Gasteiger partial charge in [-0.2, -0.15) is 0 Å². The van der Waals surface area contributed by atoms with Crippen molar-refractivity contribution in [3.05, 3.63) is 22.9 Å². The highest BCUT2D eigenvalue weighted by Crippen LogP contribution is 2.26. The minimum absolute atomic E-state index is 0.282. The minimum atomic E-state index is -0.924. The van der Waals surface area contributed by atoms with Gasteiger partial charge in [0.25, 0.3) is 0 Å². The second-order valence-corrected chi connectivity index (χ2v) is 5.40. The summed E-state index contributed by atoms with van der Waals surface area (Å²) >= 11 is 0. The van der Waals surface area contributed by atoms with E-state index in [9.17, 15) is 9.90 Å². The fourth-order valence-corrected chi connectivity index (χ4v) is 2.59. The highest BCUT2D eigenvalue weighted by molar-refractivity contribution is 5.94. The van der Waals surface area contributed by atoms with Gasteiger partial charge in [-0.1, -0.05) is 6.92 Å². The first-order valence-corrected chi connectivity index (χ1v) is 7.22. The number of likely N-dealkylation sites (N-methyl/N-ethyl adjacent to an activating group) is 1. The Kier molecular flexibility index (Phi) is 4.60. The number of carbonyl (C=O) groups is 1. The second-order valence-electron chi connectivity index (χ2n) is 5.40. The van der Waals surface area contributed by atoms with Gasteiger partial charge < -0.3 is 10.4 Å². The van der Waals surface area contributed by atoms with Crippen LogP contribution in [-0.4, -0.2) is 46.6 Å². The molecule has 0 aromatic carbocycles. The number of nitrogens with one attached hydrogen (secondary N) is 1. The van der Waals surface area contributed by atoms with Crippen LogP contribution in [0.1, 0.15) is 41.4 Å². The molecule has 1 fully saturated rings. The Morgan fingerprint density at radius 1 is 1.50 bits per heavy atom. The van der Waals surface area contributed by atoms with Gasteiger partial charge >= 0.3 is 5.97 Å². The number of aromatic carboxylic acids is 1. The maximum Gasteiger partial charge on any atom is 0.339 e. The van der Waals surface area contributed by atoms with Gasteiger partial charge in [0.15, 0.2) is 0 Å². The number of rotatable bonds is 7. The standard InChI is InChI=1S/C15H23N3O2/c1-4-18(12-5-6-12)8-7-16-14-13(15(19)20)10(2)9-11(3)17-14/h9,12H,4-8H2,1-3H3,(H,16,17)(H,19,20). The summed E-state index contributed by atoms with van der Waals surface area (Å²) in [5.74, 6) is -0.436. The molecule has 1 saturated carbocycles. The molecule has 5 heteroatoms. The van der Waals surface area contributed by atoms with Crippen molar-refractivity contribution >= 4 is 11.8 Å². The Labute approximate surface area is 120 Å². The largest absolute Gasteiger partial charge is 0.478 e. The summed E-state index contributed by atoms with van der Waals surface area (Å²) in [6.07, 6.45) is 2.58. The molecule has 20 heavy (non-hydrogen) atoms. The van der Waals surface area contributed by atoms with E-state index in [1.54, 1.807) is 6.07 Å². The smallest absolute Gasteiger partial charge is 0.339 e. The van der Waals surface area contributed by atoms with Crippen molar-refractivity contribution in [3.8, 4) is 0 Å². The summed E-state index contributed by atoms with van der Waals surface area (Å²) in [4.78, 5) is 18.1. The zero-order chi connectivity index (χ0) is 14.7. The normalized spacial score (nSPS) is 14.6. The average molecular weight is 277 g/mol. The lowest BCUT2D eigenvalue weighted by atomic mass is 10.1. The monoisotopic (exact) mass is 277 g/mol. The molecule has 0 saturated heterocycles. The SMILES string of the molecule is CCN(CCNc1nc(C)cc(C)c1C(=O)O)C1CC1. The number of aryl methyl sites for hydroxylation is 2. The Hall–Kier alpha value is -1.62. The fourth-order valence-electron chi connectivity index (χ4n) is 2.59. The molecule has 0 atom stereocenters. The van der Waals surface area contributed by atoms with Crippen molar-refractivity contribution < 1.29 is 9.90 Å². The molecule has 1 aliphatic carbocycles. The van der Waals surface area contributed by atoms with E-state index < -0.39 is 5.97 Å². The third kappa shape index (κ3) is 3.48. The van der Waals surface area contributed by atoms with E-state index in [1.165, 1.54) is 12.8 Å². The maximum absolute atomic E-state index is 11.3. The summed E-state index contributed by atoms with van der Waals surface area (Å²) in [5, 5.41) is 12.5. The number of nitrogens with zero attached hydrogens (tertiary/aromatic N) is 2. The highest BCUT2D eigenvalue weighted by atomic mass is 16.4.